The van der Waals surface area contributed by atoms with Crippen molar-refractivity contribution in [1.82, 2.24) is 4.98 Å². The zero-order valence-corrected chi connectivity index (χ0v) is 12.4. The second-order valence-corrected chi connectivity index (χ2v) is 5.60. The monoisotopic (exact) mass is 379 g/mol. The van der Waals surface area contributed by atoms with Crippen LogP contribution in [0.4, 0.5) is 5.69 Å². The smallest absolute Gasteiger partial charge is 0.129 e. The minimum Gasteiger partial charge on any atom is -0.472 e. The molecule has 2 N–H and O–H groups in total. The summed E-state index contributed by atoms with van der Waals surface area (Å²) in [5.41, 5.74) is 2.59. The Balaban J connectivity index is 2.42. The maximum atomic E-state index is 8.12. The fraction of sp³-hybridized carbons (Fsp3) is 0. The van der Waals surface area contributed by atoms with Gasteiger partial charge in [0.1, 0.15) is 5.15 Å². The van der Waals surface area contributed by atoms with Gasteiger partial charge in [-0.1, -0.05) is 11.6 Å². The molecule has 88 valence electrons. The first-order chi connectivity index (χ1) is 8.22. The average Bonchev–Trinajstić information content (AvgIpc) is 2.84. The van der Waals surface area contributed by atoms with Gasteiger partial charge in [0.25, 0.3) is 0 Å². The highest BCUT2D eigenvalue weighted by atomic mass is 127. The van der Waals surface area contributed by atoms with Crippen molar-refractivity contribution in [2.75, 3.05) is 5.09 Å². The van der Waals surface area contributed by atoms with Crippen LogP contribution in [0.15, 0.2) is 35.3 Å². The predicted molar refractivity (Wildman–Crippen MR) is 79.8 cm³/mol. The van der Waals surface area contributed by atoms with Crippen LogP contribution in [-0.2, 0) is 0 Å². The highest BCUT2D eigenvalue weighted by molar-refractivity contribution is 14.2. The van der Waals surface area contributed by atoms with Crippen molar-refractivity contribution in [3.05, 3.63) is 47.1 Å². The number of hydrogen-bond acceptors (Lipinski definition) is 4. The molecule has 0 saturated carbocycles. The molecule has 0 fully saturated rings. The Morgan fingerprint density at radius 2 is 2.41 bits per heavy atom. The molecule has 7 heteroatoms. The first kappa shape index (κ1) is 12.8. The second kappa shape index (κ2) is 5.80. The van der Waals surface area contributed by atoms with Crippen molar-refractivity contribution in [3.8, 4) is 0 Å². The lowest BCUT2D eigenvalue weighted by molar-refractivity contribution is 0.567. The van der Waals surface area contributed by atoms with Crippen molar-refractivity contribution >= 4 is 51.4 Å². The summed E-state index contributed by atoms with van der Waals surface area (Å²) in [6, 6.07) is 3.42. The van der Waals surface area contributed by atoms with Crippen LogP contribution in [-0.4, -0.2) is 10.7 Å². The SMILES string of the molecule is N=C(c1ccoc1)c1cc(Cl)ncc1NPI. The van der Waals surface area contributed by atoms with Gasteiger partial charge in [-0.15, -0.1) is 0 Å². The van der Waals surface area contributed by atoms with Crippen LogP contribution in [0, 0.1) is 5.41 Å². The fourth-order valence-corrected chi connectivity index (χ4v) is 2.68. The van der Waals surface area contributed by atoms with Crippen LogP contribution in [0.1, 0.15) is 11.1 Å². The fourth-order valence-electron chi connectivity index (χ4n) is 1.35. The molecule has 1 atom stereocenters. The molecule has 0 radical (unpaired) electrons. The number of pyridine rings is 1. The van der Waals surface area contributed by atoms with Crippen LogP contribution in [0.25, 0.3) is 0 Å². The molecule has 2 aromatic rings. The van der Waals surface area contributed by atoms with Gasteiger partial charge in [-0.05, 0) is 34.2 Å². The van der Waals surface area contributed by atoms with E-state index in [2.05, 4.69) is 32.1 Å². The maximum Gasteiger partial charge on any atom is 0.129 e. The molecular weight excluding hydrogens is 371 g/mol. The van der Waals surface area contributed by atoms with Gasteiger partial charge in [0.05, 0.1) is 30.1 Å². The average molecular weight is 380 g/mol. The molecule has 0 spiro atoms. The van der Waals surface area contributed by atoms with Gasteiger partial charge in [-0.25, -0.2) is 4.98 Å². The number of hydrogen-bond donors (Lipinski definition) is 2. The third kappa shape index (κ3) is 2.97. The van der Waals surface area contributed by atoms with Crippen molar-refractivity contribution in [1.29, 1.82) is 5.41 Å². The standard InChI is InChI=1S/C10H8ClIN3OP/c11-9-3-7(8(4-14-9)15-17-12)10(13)6-1-2-16-5-6/h1-5,13,15,17H. The Morgan fingerprint density at radius 1 is 1.59 bits per heavy atom. The number of aromatic nitrogens is 1. The molecule has 0 bridgehead atoms. The van der Waals surface area contributed by atoms with Gasteiger partial charge in [0, 0.05) is 17.5 Å². The first-order valence-corrected chi connectivity index (χ1v) is 9.10. The Bertz CT molecular complexity index is 532. The summed E-state index contributed by atoms with van der Waals surface area (Å²) in [6.45, 7) is 0. The Kier molecular flexibility index (Phi) is 4.36. The van der Waals surface area contributed by atoms with Crippen molar-refractivity contribution in [2.24, 2.45) is 0 Å². The molecule has 0 aromatic carbocycles. The largest absolute Gasteiger partial charge is 0.472 e. The van der Waals surface area contributed by atoms with E-state index in [9.17, 15) is 0 Å². The van der Waals surface area contributed by atoms with Gasteiger partial charge in [-0.3, -0.25) is 5.41 Å². The van der Waals surface area contributed by atoms with E-state index in [1.54, 1.807) is 24.6 Å². The van der Waals surface area contributed by atoms with E-state index in [0.29, 0.717) is 22.8 Å². The molecular formula is C10H8ClIN3OP. The van der Waals surface area contributed by atoms with E-state index < -0.39 is 0 Å². The number of halogens is 2. The van der Waals surface area contributed by atoms with Crippen molar-refractivity contribution in [2.45, 2.75) is 0 Å². The van der Waals surface area contributed by atoms with Crippen LogP contribution in [0.3, 0.4) is 0 Å². The molecule has 2 heterocycles. The normalized spacial score (nSPS) is 10.9. The van der Waals surface area contributed by atoms with E-state index in [4.69, 9.17) is 21.4 Å². The quantitative estimate of drug-likeness (QED) is 0.364. The summed E-state index contributed by atoms with van der Waals surface area (Å²) in [4.78, 5) is 4.01. The predicted octanol–water partition coefficient (Wildman–Crippen LogP) is 4.10. The van der Waals surface area contributed by atoms with Gasteiger partial charge in [0.2, 0.25) is 0 Å². The van der Waals surface area contributed by atoms with Gasteiger partial charge >= 0.3 is 0 Å². The summed E-state index contributed by atoms with van der Waals surface area (Å²) in [7, 11) is 0. The molecule has 17 heavy (non-hydrogen) atoms. The summed E-state index contributed by atoms with van der Waals surface area (Å²) in [5.74, 6) is 0. The molecule has 0 aliphatic heterocycles. The zero-order chi connectivity index (χ0) is 12.3. The lowest BCUT2D eigenvalue weighted by atomic mass is 10.1. The Hall–Kier alpha value is -0.650. The summed E-state index contributed by atoms with van der Waals surface area (Å²) in [6.07, 6.45) is 5.22. The number of rotatable bonds is 4. The maximum absolute atomic E-state index is 8.12. The molecule has 0 aliphatic rings. The van der Waals surface area contributed by atoms with Crippen LogP contribution < -0.4 is 5.09 Å². The minimum absolute atomic E-state index is 0.361. The highest BCUT2D eigenvalue weighted by Crippen LogP contribution is 2.28. The van der Waals surface area contributed by atoms with Gasteiger partial charge < -0.3 is 9.50 Å². The Morgan fingerprint density at radius 3 is 3.06 bits per heavy atom. The number of nitrogens with zero attached hydrogens (tertiary/aromatic N) is 1. The molecule has 2 rings (SSSR count). The van der Waals surface area contributed by atoms with E-state index >= 15 is 0 Å². The lowest BCUT2D eigenvalue weighted by Crippen LogP contribution is -2.03. The first-order valence-electron chi connectivity index (χ1n) is 4.61. The van der Waals surface area contributed by atoms with Crippen LogP contribution in [0.5, 0.6) is 0 Å². The van der Waals surface area contributed by atoms with E-state index in [1.807, 2.05) is 0 Å². The number of nitrogens with one attached hydrogen (secondary N) is 2. The number of anilines is 1. The highest BCUT2D eigenvalue weighted by Gasteiger charge is 2.12. The summed E-state index contributed by atoms with van der Waals surface area (Å²) < 4.78 is 4.98. The van der Waals surface area contributed by atoms with E-state index in [-0.39, 0.29) is 0 Å². The lowest BCUT2D eigenvalue weighted by Gasteiger charge is -2.09. The second-order valence-electron chi connectivity index (χ2n) is 3.16. The summed E-state index contributed by atoms with van der Waals surface area (Å²) >= 11 is 8.08. The van der Waals surface area contributed by atoms with E-state index in [0.717, 1.165) is 11.3 Å². The molecule has 4 nitrogen and oxygen atoms in total. The molecule has 1 unspecified atom stereocenters. The molecule has 0 aliphatic carbocycles. The molecule has 0 saturated heterocycles. The molecule has 2 aromatic heterocycles. The summed E-state index contributed by atoms with van der Waals surface area (Å²) in [5, 5.41) is 11.7. The molecule has 0 amide bonds. The minimum atomic E-state index is 0.361. The third-order valence-corrected chi connectivity index (χ3v) is 3.51. The van der Waals surface area contributed by atoms with Crippen molar-refractivity contribution < 1.29 is 4.42 Å². The van der Waals surface area contributed by atoms with Gasteiger partial charge in [-0.2, -0.15) is 0 Å². The van der Waals surface area contributed by atoms with Crippen LogP contribution in [0.2, 0.25) is 5.15 Å². The van der Waals surface area contributed by atoms with Gasteiger partial charge in [0.15, 0.2) is 0 Å². The number of furan rings is 1. The Labute approximate surface area is 118 Å². The topological polar surface area (TPSA) is 61.9 Å². The van der Waals surface area contributed by atoms with Crippen LogP contribution >= 0.6 is 40.0 Å². The van der Waals surface area contributed by atoms with E-state index in [1.165, 1.54) is 6.26 Å². The zero-order valence-electron chi connectivity index (χ0n) is 8.50. The third-order valence-electron chi connectivity index (χ3n) is 2.13. The van der Waals surface area contributed by atoms with Crippen molar-refractivity contribution in [3.63, 3.8) is 0 Å².